The minimum Gasteiger partial charge on any atom is -0.387 e. The summed E-state index contributed by atoms with van der Waals surface area (Å²) in [6, 6.07) is -0.879. The average molecular weight is 920 g/mol. The number of hydrogen-bond donors (Lipinski definition) is 3. The third-order valence-electron chi connectivity index (χ3n) is 11.7. The molecule has 0 heterocycles. The van der Waals surface area contributed by atoms with Crippen LogP contribution in [0.15, 0.2) is 60.8 Å². The summed E-state index contributed by atoms with van der Waals surface area (Å²) < 4.78 is 23.6. The minimum absolute atomic E-state index is 0.0485. The smallest absolute Gasteiger partial charge is 0.387 e. The van der Waals surface area contributed by atoms with E-state index in [-0.39, 0.29) is 19.1 Å². The van der Waals surface area contributed by atoms with Crippen molar-refractivity contribution in [3.8, 4) is 0 Å². The summed E-state index contributed by atoms with van der Waals surface area (Å²) >= 11 is 0. The molecular weight excluding hydrogens is 816 g/mol. The van der Waals surface area contributed by atoms with Crippen molar-refractivity contribution in [2.45, 2.75) is 244 Å². The SMILES string of the molecule is CCC/C=C\C/C=C\CCCCCCCC(=O)NC(COP(=O)(O)OCC[N+](C)(C)C)C(O)/C=C/CC/C=C/CC/C=C/CCCCCCCCCCCCCCCCCCCCC. The zero-order chi connectivity index (χ0) is 47.1. The van der Waals surface area contributed by atoms with Crippen molar-refractivity contribution in [1.29, 1.82) is 0 Å². The first-order valence-electron chi connectivity index (χ1n) is 26.7. The van der Waals surface area contributed by atoms with Crippen LogP contribution in [0.1, 0.15) is 232 Å². The van der Waals surface area contributed by atoms with E-state index < -0.39 is 20.0 Å². The molecule has 0 aliphatic carbocycles. The number of amides is 1. The Bertz CT molecular complexity index is 1230. The number of allylic oxidation sites excluding steroid dienone is 9. The highest BCUT2D eigenvalue weighted by atomic mass is 31.2. The van der Waals surface area contributed by atoms with Gasteiger partial charge < -0.3 is 19.8 Å². The van der Waals surface area contributed by atoms with Gasteiger partial charge >= 0.3 is 7.82 Å². The third-order valence-corrected chi connectivity index (χ3v) is 12.7. The van der Waals surface area contributed by atoms with Crippen molar-refractivity contribution in [2.24, 2.45) is 0 Å². The number of hydrogen-bond acceptors (Lipinski definition) is 5. The highest BCUT2D eigenvalue weighted by Crippen LogP contribution is 2.43. The van der Waals surface area contributed by atoms with Crippen molar-refractivity contribution in [1.82, 2.24) is 5.32 Å². The van der Waals surface area contributed by atoms with E-state index in [1.807, 2.05) is 27.2 Å². The lowest BCUT2D eigenvalue weighted by molar-refractivity contribution is -0.870. The number of nitrogens with one attached hydrogen (secondary N) is 1. The van der Waals surface area contributed by atoms with Gasteiger partial charge in [-0.05, 0) is 70.6 Å². The maximum atomic E-state index is 12.9. The molecule has 0 fully saturated rings. The Labute approximate surface area is 396 Å². The lowest BCUT2D eigenvalue weighted by Gasteiger charge is -2.25. The summed E-state index contributed by atoms with van der Waals surface area (Å²) in [6.45, 7) is 4.71. The van der Waals surface area contributed by atoms with Gasteiger partial charge in [0.05, 0.1) is 39.9 Å². The molecule has 1 amide bonds. The number of phosphoric acid groups is 1. The van der Waals surface area contributed by atoms with Crippen molar-refractivity contribution in [2.75, 3.05) is 40.9 Å². The Morgan fingerprint density at radius 2 is 0.938 bits per heavy atom. The fourth-order valence-corrected chi connectivity index (χ4v) is 8.20. The fourth-order valence-electron chi connectivity index (χ4n) is 7.46. The highest BCUT2D eigenvalue weighted by Gasteiger charge is 2.27. The van der Waals surface area contributed by atoms with Gasteiger partial charge in [0.25, 0.3) is 0 Å². The van der Waals surface area contributed by atoms with E-state index >= 15 is 0 Å². The molecule has 0 bridgehead atoms. The largest absolute Gasteiger partial charge is 0.472 e. The summed E-state index contributed by atoms with van der Waals surface area (Å²) in [5.74, 6) is -0.207. The van der Waals surface area contributed by atoms with E-state index in [1.165, 1.54) is 135 Å². The predicted octanol–water partition coefficient (Wildman–Crippen LogP) is 15.8. The predicted molar refractivity (Wildman–Crippen MR) is 277 cm³/mol. The average Bonchev–Trinajstić information content (AvgIpc) is 3.25. The van der Waals surface area contributed by atoms with E-state index in [2.05, 4.69) is 67.8 Å². The first-order valence-corrected chi connectivity index (χ1v) is 28.2. The first kappa shape index (κ1) is 62.2. The fraction of sp³-hybridized carbons (Fsp3) is 0.800. The van der Waals surface area contributed by atoms with Crippen LogP contribution in [-0.2, 0) is 18.4 Å². The van der Waals surface area contributed by atoms with Crippen molar-refractivity contribution < 1.29 is 32.9 Å². The molecule has 0 aliphatic rings. The van der Waals surface area contributed by atoms with Gasteiger partial charge in [-0.25, -0.2) is 4.57 Å². The van der Waals surface area contributed by atoms with Crippen LogP contribution in [0, 0.1) is 0 Å². The number of unbranched alkanes of at least 4 members (excludes halogenated alkanes) is 27. The maximum Gasteiger partial charge on any atom is 0.472 e. The molecule has 0 saturated carbocycles. The lowest BCUT2D eigenvalue weighted by atomic mass is 10.0. The maximum absolute atomic E-state index is 12.9. The topological polar surface area (TPSA) is 105 Å². The number of phosphoric ester groups is 1. The van der Waals surface area contributed by atoms with Crippen LogP contribution in [0.2, 0.25) is 0 Å². The standard InChI is InChI=1S/C55H103N2O6P/c1-6-8-10-12-14-16-18-20-21-22-23-24-25-26-27-28-29-30-31-32-33-34-35-37-38-40-42-44-46-48-54(58)53(52-63-64(60,61)62-51-50-57(3,4)5)56-55(59)49-47-45-43-41-39-36-19-17-15-13-11-9-7-2/h11,13,17,19,33-34,38,40,46,48,53-54,58H,6-10,12,14-16,18,20-32,35-37,39,41-45,47,49-52H2,1-5H3,(H-,56,59,60,61)/p+1/b13-11-,19-17-,34-33+,40-38+,48-46+. The van der Waals surface area contributed by atoms with Crippen LogP contribution >= 0.6 is 7.82 Å². The number of aliphatic hydroxyl groups excluding tert-OH is 1. The summed E-state index contributed by atoms with van der Waals surface area (Å²) in [6.07, 6.45) is 61.9. The Morgan fingerprint density at radius 1 is 0.531 bits per heavy atom. The number of quaternary nitrogens is 1. The van der Waals surface area contributed by atoms with Crippen LogP contribution in [0.25, 0.3) is 0 Å². The van der Waals surface area contributed by atoms with Gasteiger partial charge in [0.2, 0.25) is 5.91 Å². The molecule has 374 valence electrons. The van der Waals surface area contributed by atoms with Crippen LogP contribution in [0.4, 0.5) is 0 Å². The molecule has 3 N–H and O–H groups in total. The summed E-state index contributed by atoms with van der Waals surface area (Å²) in [4.78, 5) is 23.2. The number of rotatable bonds is 48. The molecule has 8 nitrogen and oxygen atoms in total. The van der Waals surface area contributed by atoms with Crippen molar-refractivity contribution in [3.63, 3.8) is 0 Å². The highest BCUT2D eigenvalue weighted by molar-refractivity contribution is 7.47. The zero-order valence-electron chi connectivity index (χ0n) is 42.5. The number of aliphatic hydroxyl groups is 1. The van der Waals surface area contributed by atoms with Gasteiger partial charge in [-0.1, -0.05) is 216 Å². The summed E-state index contributed by atoms with van der Waals surface area (Å²) in [5, 5.41) is 13.8. The van der Waals surface area contributed by atoms with Crippen LogP contribution < -0.4 is 5.32 Å². The molecule has 64 heavy (non-hydrogen) atoms. The molecule has 3 unspecified atom stereocenters. The number of likely N-dealkylation sites (N-methyl/N-ethyl adjacent to an activating group) is 1. The van der Waals surface area contributed by atoms with E-state index in [0.29, 0.717) is 17.4 Å². The zero-order valence-corrected chi connectivity index (χ0v) is 43.4. The molecule has 3 atom stereocenters. The normalized spacial score (nSPS) is 14.5. The molecule has 0 spiro atoms. The van der Waals surface area contributed by atoms with Gasteiger partial charge in [-0.15, -0.1) is 0 Å². The second-order valence-electron chi connectivity index (χ2n) is 19.2. The van der Waals surface area contributed by atoms with Crippen LogP contribution in [0.3, 0.4) is 0 Å². The Morgan fingerprint density at radius 3 is 1.41 bits per heavy atom. The quantitative estimate of drug-likeness (QED) is 0.0243. The molecule has 0 saturated heterocycles. The summed E-state index contributed by atoms with van der Waals surface area (Å²) in [7, 11) is 1.53. The molecule has 0 aromatic heterocycles. The molecular formula is C55H104N2O6P+. The van der Waals surface area contributed by atoms with Gasteiger partial charge in [0.1, 0.15) is 13.2 Å². The van der Waals surface area contributed by atoms with Crippen molar-refractivity contribution in [3.05, 3.63) is 60.8 Å². The second-order valence-corrected chi connectivity index (χ2v) is 20.7. The van der Waals surface area contributed by atoms with E-state index in [0.717, 1.165) is 77.0 Å². The molecule has 0 radical (unpaired) electrons. The van der Waals surface area contributed by atoms with Gasteiger partial charge in [0.15, 0.2) is 0 Å². The molecule has 0 aromatic rings. The van der Waals surface area contributed by atoms with Gasteiger partial charge in [-0.2, -0.15) is 0 Å². The number of carbonyl (C=O) groups is 1. The number of carbonyl (C=O) groups excluding carboxylic acids is 1. The van der Waals surface area contributed by atoms with Crippen molar-refractivity contribution >= 4 is 13.7 Å². The van der Waals surface area contributed by atoms with E-state index in [1.54, 1.807) is 6.08 Å². The molecule has 0 rings (SSSR count). The summed E-state index contributed by atoms with van der Waals surface area (Å²) in [5.41, 5.74) is 0. The van der Waals surface area contributed by atoms with E-state index in [9.17, 15) is 19.4 Å². The van der Waals surface area contributed by atoms with Gasteiger partial charge in [0, 0.05) is 6.42 Å². The van der Waals surface area contributed by atoms with Crippen LogP contribution in [-0.4, -0.2) is 73.4 Å². The Hall–Kier alpha value is -1.80. The third kappa shape index (κ3) is 48.1. The Balaban J connectivity index is 4.26. The Kier molecular flexibility index (Phi) is 45.0. The minimum atomic E-state index is -4.36. The monoisotopic (exact) mass is 920 g/mol. The molecule has 9 heteroatoms. The first-order chi connectivity index (χ1) is 31.0. The molecule has 0 aromatic carbocycles. The number of nitrogens with zero attached hydrogens (tertiary/aromatic N) is 1. The molecule has 0 aliphatic heterocycles. The van der Waals surface area contributed by atoms with Gasteiger partial charge in [-0.3, -0.25) is 13.8 Å². The lowest BCUT2D eigenvalue weighted by Crippen LogP contribution is -2.45. The van der Waals surface area contributed by atoms with Crippen LogP contribution in [0.5, 0.6) is 0 Å². The van der Waals surface area contributed by atoms with E-state index in [4.69, 9.17) is 9.05 Å². The second kappa shape index (κ2) is 46.3.